The molecule has 0 aliphatic heterocycles. The van der Waals surface area contributed by atoms with E-state index < -0.39 is 0 Å². The quantitative estimate of drug-likeness (QED) is 0.770. The molecule has 0 saturated heterocycles. The van der Waals surface area contributed by atoms with Gasteiger partial charge < -0.3 is 9.88 Å². The molecule has 3 heteroatoms. The van der Waals surface area contributed by atoms with Gasteiger partial charge in [-0.2, -0.15) is 0 Å². The van der Waals surface area contributed by atoms with Crippen molar-refractivity contribution in [3.63, 3.8) is 0 Å². The van der Waals surface area contributed by atoms with Gasteiger partial charge in [-0.15, -0.1) is 0 Å². The van der Waals surface area contributed by atoms with Crippen LogP contribution in [0.1, 0.15) is 63.8 Å². The average molecular weight is 247 g/mol. The molecule has 0 spiro atoms. The van der Waals surface area contributed by atoms with Crippen LogP contribution in [0.25, 0.3) is 0 Å². The Morgan fingerprint density at radius 2 is 2.00 bits per heavy atom. The summed E-state index contributed by atoms with van der Waals surface area (Å²) < 4.78 is 2.37. The fourth-order valence-corrected chi connectivity index (χ4v) is 3.10. The number of aromatic nitrogens is 2. The van der Waals surface area contributed by atoms with Gasteiger partial charge in [0.2, 0.25) is 5.95 Å². The van der Waals surface area contributed by atoms with E-state index in [0.29, 0.717) is 6.04 Å². The van der Waals surface area contributed by atoms with E-state index in [1.165, 1.54) is 57.8 Å². The Morgan fingerprint density at radius 1 is 1.17 bits per heavy atom. The first kappa shape index (κ1) is 12.1. The van der Waals surface area contributed by atoms with Gasteiger partial charge in [-0.3, -0.25) is 0 Å². The Bertz CT molecular complexity index is 362. The van der Waals surface area contributed by atoms with Gasteiger partial charge in [0.15, 0.2) is 0 Å². The Hall–Kier alpha value is -0.990. The van der Waals surface area contributed by atoms with Crippen molar-refractivity contribution in [2.24, 2.45) is 5.92 Å². The van der Waals surface area contributed by atoms with Gasteiger partial charge in [0.05, 0.1) is 0 Å². The van der Waals surface area contributed by atoms with Crippen LogP contribution in [0.5, 0.6) is 0 Å². The maximum Gasteiger partial charge on any atom is 0.203 e. The molecule has 1 aromatic rings. The number of hydrogen-bond donors (Lipinski definition) is 1. The summed E-state index contributed by atoms with van der Waals surface area (Å²) in [6, 6.07) is 0.687. The lowest BCUT2D eigenvalue weighted by Gasteiger charge is -2.24. The predicted octanol–water partition coefficient (Wildman–Crippen LogP) is 3.99. The Kier molecular flexibility index (Phi) is 3.87. The maximum absolute atomic E-state index is 4.48. The fourth-order valence-electron chi connectivity index (χ4n) is 3.10. The van der Waals surface area contributed by atoms with Crippen molar-refractivity contribution in [2.75, 3.05) is 11.9 Å². The molecule has 2 fully saturated rings. The van der Waals surface area contributed by atoms with Crippen molar-refractivity contribution >= 4 is 5.95 Å². The maximum atomic E-state index is 4.48. The molecule has 2 saturated carbocycles. The predicted molar refractivity (Wildman–Crippen MR) is 74.8 cm³/mol. The van der Waals surface area contributed by atoms with Crippen molar-refractivity contribution < 1.29 is 0 Å². The summed E-state index contributed by atoms with van der Waals surface area (Å²) in [5.74, 6) is 2.14. The van der Waals surface area contributed by atoms with E-state index >= 15 is 0 Å². The van der Waals surface area contributed by atoms with E-state index in [2.05, 4.69) is 21.1 Å². The third-order valence-electron chi connectivity index (χ3n) is 4.41. The van der Waals surface area contributed by atoms with Gasteiger partial charge in [-0.05, 0) is 31.6 Å². The normalized spacial score (nSPS) is 21.1. The highest BCUT2D eigenvalue weighted by molar-refractivity contribution is 5.26. The van der Waals surface area contributed by atoms with Crippen molar-refractivity contribution in [1.82, 2.24) is 9.55 Å². The summed E-state index contributed by atoms with van der Waals surface area (Å²) in [7, 11) is 0. The van der Waals surface area contributed by atoms with Gasteiger partial charge in [0, 0.05) is 25.0 Å². The lowest BCUT2D eigenvalue weighted by atomic mass is 9.95. The van der Waals surface area contributed by atoms with Crippen LogP contribution in [0.4, 0.5) is 5.95 Å². The molecule has 0 radical (unpaired) electrons. The molecular formula is C15H25N3. The lowest BCUT2D eigenvalue weighted by Crippen LogP contribution is -2.16. The zero-order valence-electron chi connectivity index (χ0n) is 11.3. The van der Waals surface area contributed by atoms with E-state index in [1.54, 1.807) is 0 Å². The molecule has 18 heavy (non-hydrogen) atoms. The molecule has 2 aliphatic carbocycles. The van der Waals surface area contributed by atoms with Gasteiger partial charge in [0.1, 0.15) is 0 Å². The number of nitrogens with zero attached hydrogens (tertiary/aromatic N) is 2. The Balaban J connectivity index is 1.49. The zero-order valence-corrected chi connectivity index (χ0v) is 11.3. The molecule has 0 unspecified atom stereocenters. The summed E-state index contributed by atoms with van der Waals surface area (Å²) in [6.07, 6.45) is 16.5. The van der Waals surface area contributed by atoms with Crippen LogP contribution in [0, 0.1) is 5.92 Å². The number of rotatable bonds is 6. The average Bonchev–Trinajstić information content (AvgIpc) is 3.12. The highest BCUT2D eigenvalue weighted by atomic mass is 15.2. The lowest BCUT2D eigenvalue weighted by molar-refractivity contribution is 0.356. The molecule has 100 valence electrons. The molecule has 0 aromatic carbocycles. The van der Waals surface area contributed by atoms with E-state index in [1.807, 2.05) is 6.20 Å². The van der Waals surface area contributed by atoms with Crippen LogP contribution in [0.15, 0.2) is 12.4 Å². The highest BCUT2D eigenvalue weighted by Gasteiger charge is 2.20. The summed E-state index contributed by atoms with van der Waals surface area (Å²) in [5.41, 5.74) is 0. The summed E-state index contributed by atoms with van der Waals surface area (Å²) >= 11 is 0. The van der Waals surface area contributed by atoms with E-state index in [0.717, 1.165) is 18.4 Å². The summed E-state index contributed by atoms with van der Waals surface area (Å²) in [6.45, 7) is 1.08. The van der Waals surface area contributed by atoms with Crippen LogP contribution in [0.3, 0.4) is 0 Å². The number of hydrogen-bond acceptors (Lipinski definition) is 2. The smallest absolute Gasteiger partial charge is 0.203 e. The summed E-state index contributed by atoms with van der Waals surface area (Å²) in [4.78, 5) is 4.48. The fraction of sp³-hybridized carbons (Fsp3) is 0.800. The van der Waals surface area contributed by atoms with Gasteiger partial charge >= 0.3 is 0 Å². The molecule has 2 aliphatic rings. The molecule has 1 N–H and O–H groups in total. The van der Waals surface area contributed by atoms with Crippen molar-refractivity contribution in [1.29, 1.82) is 0 Å². The van der Waals surface area contributed by atoms with Crippen LogP contribution in [0.2, 0.25) is 0 Å². The number of anilines is 1. The first-order valence-electron chi connectivity index (χ1n) is 7.70. The second-order valence-electron chi connectivity index (χ2n) is 5.96. The first-order valence-corrected chi connectivity index (χ1v) is 7.70. The van der Waals surface area contributed by atoms with Crippen LogP contribution in [-0.2, 0) is 0 Å². The molecule has 3 nitrogen and oxygen atoms in total. The van der Waals surface area contributed by atoms with Gasteiger partial charge in [0.25, 0.3) is 0 Å². The highest BCUT2D eigenvalue weighted by Crippen LogP contribution is 2.33. The minimum atomic E-state index is 0.687. The second kappa shape index (κ2) is 5.77. The zero-order chi connectivity index (χ0) is 12.2. The monoisotopic (exact) mass is 247 g/mol. The van der Waals surface area contributed by atoms with E-state index in [-0.39, 0.29) is 0 Å². The molecule has 0 amide bonds. The molecule has 3 rings (SSSR count). The largest absolute Gasteiger partial charge is 0.356 e. The van der Waals surface area contributed by atoms with Crippen molar-refractivity contribution in [3.8, 4) is 0 Å². The topological polar surface area (TPSA) is 29.9 Å². The third-order valence-corrected chi connectivity index (χ3v) is 4.41. The van der Waals surface area contributed by atoms with Crippen molar-refractivity contribution in [3.05, 3.63) is 12.4 Å². The van der Waals surface area contributed by atoms with Crippen LogP contribution in [-0.4, -0.2) is 16.1 Å². The SMILES string of the molecule is c1cn(C2CCCCC2)c(NCCCC2CC2)n1. The molecule has 1 heterocycles. The van der Waals surface area contributed by atoms with Gasteiger partial charge in [-0.25, -0.2) is 4.98 Å². The van der Waals surface area contributed by atoms with E-state index in [4.69, 9.17) is 0 Å². The molecule has 1 aromatic heterocycles. The summed E-state index contributed by atoms with van der Waals surface area (Å²) in [5, 5.41) is 3.53. The number of imidazole rings is 1. The molecule has 0 atom stereocenters. The standard InChI is InChI=1S/C15H25N3/c1-2-6-14(7-3-1)18-12-11-17-15(18)16-10-4-5-13-8-9-13/h11-14H,1-10H2,(H,16,17). The Labute approximate surface area is 110 Å². The second-order valence-corrected chi connectivity index (χ2v) is 5.96. The van der Waals surface area contributed by atoms with Crippen molar-refractivity contribution in [2.45, 2.75) is 63.8 Å². The molecular weight excluding hydrogens is 222 g/mol. The van der Waals surface area contributed by atoms with E-state index in [9.17, 15) is 0 Å². The Morgan fingerprint density at radius 3 is 2.78 bits per heavy atom. The molecule has 0 bridgehead atoms. The first-order chi connectivity index (χ1) is 8.93. The number of nitrogens with one attached hydrogen (secondary N) is 1. The van der Waals surface area contributed by atoms with Crippen LogP contribution < -0.4 is 5.32 Å². The minimum absolute atomic E-state index is 0.687. The van der Waals surface area contributed by atoms with Gasteiger partial charge in [-0.1, -0.05) is 32.1 Å². The van der Waals surface area contributed by atoms with Crippen LogP contribution >= 0.6 is 0 Å². The third kappa shape index (κ3) is 3.06. The minimum Gasteiger partial charge on any atom is -0.356 e.